The fourth-order valence-corrected chi connectivity index (χ4v) is 2.48. The number of hydrogen-bond acceptors (Lipinski definition) is 2. The van der Waals surface area contributed by atoms with Crippen molar-refractivity contribution < 1.29 is 0 Å². The molecule has 0 heterocycles. The minimum absolute atomic E-state index is 0.438. The number of rotatable bonds is 7. The molecule has 1 aliphatic carbocycles. The summed E-state index contributed by atoms with van der Waals surface area (Å²) >= 11 is 5.94. The summed E-state index contributed by atoms with van der Waals surface area (Å²) < 4.78 is 0. The van der Waals surface area contributed by atoms with Crippen LogP contribution in [0.5, 0.6) is 0 Å². The van der Waals surface area contributed by atoms with Crippen LogP contribution in [-0.2, 0) is 0 Å². The summed E-state index contributed by atoms with van der Waals surface area (Å²) in [6.45, 7) is 4.32. The van der Waals surface area contributed by atoms with Crippen LogP contribution in [0.2, 0.25) is 5.02 Å². The van der Waals surface area contributed by atoms with Gasteiger partial charge in [0.25, 0.3) is 0 Å². The lowest BCUT2D eigenvalue weighted by atomic mass is 10.0. The Balaban J connectivity index is 1.91. The summed E-state index contributed by atoms with van der Waals surface area (Å²) in [7, 11) is 2.24. The molecule has 2 nitrogen and oxygen atoms in total. The van der Waals surface area contributed by atoms with Gasteiger partial charge in [-0.1, -0.05) is 30.7 Å². The number of nitrogens with zero attached hydrogens (tertiary/aromatic N) is 1. The third kappa shape index (κ3) is 3.98. The predicted molar refractivity (Wildman–Crippen MR) is 78.1 cm³/mol. The zero-order valence-corrected chi connectivity index (χ0v) is 12.1. The Morgan fingerprint density at radius 1 is 1.33 bits per heavy atom. The van der Waals surface area contributed by atoms with Crippen LogP contribution in [0.1, 0.15) is 37.8 Å². The van der Waals surface area contributed by atoms with E-state index in [1.54, 1.807) is 0 Å². The maximum atomic E-state index is 5.94. The fraction of sp³-hybridized carbons (Fsp3) is 0.600. The largest absolute Gasteiger partial charge is 0.310 e. The van der Waals surface area contributed by atoms with Crippen molar-refractivity contribution in [2.75, 3.05) is 20.1 Å². The normalized spacial score (nSPS) is 17.1. The van der Waals surface area contributed by atoms with Crippen LogP contribution >= 0.6 is 11.6 Å². The lowest BCUT2D eigenvalue weighted by Crippen LogP contribution is -2.28. The highest BCUT2D eigenvalue weighted by Gasteiger charge is 2.26. The van der Waals surface area contributed by atoms with E-state index in [4.69, 9.17) is 11.6 Å². The maximum absolute atomic E-state index is 5.94. The molecule has 1 saturated carbocycles. The van der Waals surface area contributed by atoms with Gasteiger partial charge in [-0.3, -0.25) is 0 Å². The molecule has 0 spiro atoms. The molecule has 0 radical (unpaired) electrons. The first kappa shape index (κ1) is 13.9. The van der Waals surface area contributed by atoms with Gasteiger partial charge in [-0.25, -0.2) is 0 Å². The van der Waals surface area contributed by atoms with Crippen LogP contribution in [0.4, 0.5) is 0 Å². The van der Waals surface area contributed by atoms with Gasteiger partial charge in [0.1, 0.15) is 0 Å². The molecule has 1 aliphatic rings. The highest BCUT2D eigenvalue weighted by molar-refractivity contribution is 6.30. The molecule has 3 heteroatoms. The van der Waals surface area contributed by atoms with Gasteiger partial charge in [0.15, 0.2) is 0 Å². The summed E-state index contributed by atoms with van der Waals surface area (Å²) in [5.41, 5.74) is 1.34. The van der Waals surface area contributed by atoms with Crippen LogP contribution in [0.25, 0.3) is 0 Å². The first-order valence-electron chi connectivity index (χ1n) is 6.89. The van der Waals surface area contributed by atoms with E-state index in [-0.39, 0.29) is 0 Å². The number of nitrogens with one attached hydrogen (secondary N) is 1. The van der Waals surface area contributed by atoms with Crippen LogP contribution in [-0.4, -0.2) is 31.1 Å². The van der Waals surface area contributed by atoms with Gasteiger partial charge in [-0.05, 0) is 57.1 Å². The summed E-state index contributed by atoms with van der Waals surface area (Å²) in [6, 6.07) is 9.50. The van der Waals surface area contributed by atoms with Crippen molar-refractivity contribution in [3.05, 3.63) is 34.9 Å². The zero-order valence-electron chi connectivity index (χ0n) is 11.3. The van der Waals surface area contributed by atoms with Gasteiger partial charge in [-0.2, -0.15) is 0 Å². The molecule has 1 aromatic rings. The van der Waals surface area contributed by atoms with Crippen molar-refractivity contribution in [2.45, 2.75) is 38.3 Å². The summed E-state index contributed by atoms with van der Waals surface area (Å²) in [4.78, 5) is 2.49. The van der Waals surface area contributed by atoms with E-state index in [2.05, 4.69) is 36.3 Å². The Morgan fingerprint density at radius 3 is 2.56 bits per heavy atom. The first-order valence-corrected chi connectivity index (χ1v) is 7.27. The topological polar surface area (TPSA) is 15.3 Å². The molecule has 0 aromatic heterocycles. The first-order chi connectivity index (χ1) is 8.70. The third-order valence-corrected chi connectivity index (χ3v) is 3.92. The second-order valence-corrected chi connectivity index (χ2v) is 5.60. The molecule has 2 rings (SSSR count). The second kappa shape index (κ2) is 6.55. The van der Waals surface area contributed by atoms with Gasteiger partial charge >= 0.3 is 0 Å². The van der Waals surface area contributed by atoms with Gasteiger partial charge in [-0.15, -0.1) is 0 Å². The Bertz CT molecular complexity index is 359. The highest BCUT2D eigenvalue weighted by atomic mass is 35.5. The molecule has 0 amide bonds. The van der Waals surface area contributed by atoms with Crippen LogP contribution in [0.3, 0.4) is 0 Å². The van der Waals surface area contributed by atoms with Crippen molar-refractivity contribution in [1.82, 2.24) is 10.2 Å². The number of hydrogen-bond donors (Lipinski definition) is 1. The molecule has 18 heavy (non-hydrogen) atoms. The Labute approximate surface area is 115 Å². The van der Waals surface area contributed by atoms with E-state index in [1.165, 1.54) is 18.4 Å². The molecule has 1 aromatic carbocycles. The predicted octanol–water partition coefficient (Wildman–Crippen LogP) is 3.47. The smallest absolute Gasteiger partial charge is 0.0406 e. The van der Waals surface area contributed by atoms with E-state index in [9.17, 15) is 0 Å². The fourth-order valence-electron chi connectivity index (χ4n) is 2.36. The zero-order chi connectivity index (χ0) is 13.0. The molecule has 1 unspecified atom stereocenters. The van der Waals surface area contributed by atoms with Crippen molar-refractivity contribution >= 4 is 11.6 Å². The minimum Gasteiger partial charge on any atom is -0.310 e. The van der Waals surface area contributed by atoms with E-state index >= 15 is 0 Å². The molecule has 0 saturated heterocycles. The molecule has 100 valence electrons. The van der Waals surface area contributed by atoms with Gasteiger partial charge in [0.05, 0.1) is 0 Å². The monoisotopic (exact) mass is 266 g/mol. The molecule has 1 fully saturated rings. The van der Waals surface area contributed by atoms with Crippen molar-refractivity contribution in [1.29, 1.82) is 0 Å². The minimum atomic E-state index is 0.438. The molecule has 1 atom stereocenters. The quantitative estimate of drug-likeness (QED) is 0.813. The standard InChI is InChI=1S/C15H23ClN2/c1-3-17-15(10-11-18(2)14-8-9-14)12-4-6-13(16)7-5-12/h4-7,14-15,17H,3,8-11H2,1-2H3. The van der Waals surface area contributed by atoms with Crippen LogP contribution < -0.4 is 5.32 Å². The van der Waals surface area contributed by atoms with Gasteiger partial charge < -0.3 is 10.2 Å². The molecular formula is C15H23ClN2. The van der Waals surface area contributed by atoms with E-state index in [0.717, 1.165) is 30.6 Å². The Kier molecular flexibility index (Phi) is 5.04. The van der Waals surface area contributed by atoms with E-state index in [0.29, 0.717) is 6.04 Å². The maximum Gasteiger partial charge on any atom is 0.0406 e. The third-order valence-electron chi connectivity index (χ3n) is 3.66. The van der Waals surface area contributed by atoms with Gasteiger partial charge in [0.2, 0.25) is 0 Å². The lowest BCUT2D eigenvalue weighted by Gasteiger charge is -2.22. The van der Waals surface area contributed by atoms with E-state index in [1.807, 2.05) is 12.1 Å². The van der Waals surface area contributed by atoms with Crippen LogP contribution in [0.15, 0.2) is 24.3 Å². The Morgan fingerprint density at radius 2 is 2.00 bits per heavy atom. The summed E-state index contributed by atoms with van der Waals surface area (Å²) in [5, 5.41) is 4.37. The van der Waals surface area contributed by atoms with Crippen molar-refractivity contribution in [3.63, 3.8) is 0 Å². The average molecular weight is 267 g/mol. The SMILES string of the molecule is CCNC(CCN(C)C1CC1)c1ccc(Cl)cc1. The van der Waals surface area contributed by atoms with Crippen molar-refractivity contribution in [3.8, 4) is 0 Å². The molecule has 0 bridgehead atoms. The highest BCUT2D eigenvalue weighted by Crippen LogP contribution is 2.27. The average Bonchev–Trinajstić information content (AvgIpc) is 3.19. The number of halogens is 1. The van der Waals surface area contributed by atoms with Crippen LogP contribution in [0, 0.1) is 0 Å². The second-order valence-electron chi connectivity index (χ2n) is 5.16. The molecule has 0 aliphatic heterocycles. The summed E-state index contributed by atoms with van der Waals surface area (Å²) in [6.07, 6.45) is 3.91. The van der Waals surface area contributed by atoms with Crippen molar-refractivity contribution in [2.24, 2.45) is 0 Å². The van der Waals surface area contributed by atoms with E-state index < -0.39 is 0 Å². The molecule has 1 N–H and O–H groups in total. The Hall–Kier alpha value is -0.570. The summed E-state index contributed by atoms with van der Waals surface area (Å²) in [5.74, 6) is 0. The van der Waals surface area contributed by atoms with Gasteiger partial charge in [0, 0.05) is 17.1 Å². The lowest BCUT2D eigenvalue weighted by molar-refractivity contribution is 0.299. The molecular weight excluding hydrogens is 244 g/mol. The number of benzene rings is 1.